The van der Waals surface area contributed by atoms with Gasteiger partial charge in [0.15, 0.2) is 0 Å². The predicted octanol–water partition coefficient (Wildman–Crippen LogP) is 1.91. The van der Waals surface area contributed by atoms with E-state index in [2.05, 4.69) is 0 Å². The van der Waals surface area contributed by atoms with Crippen molar-refractivity contribution < 1.29 is 8.42 Å². The van der Waals surface area contributed by atoms with E-state index < -0.39 is 10.2 Å². The summed E-state index contributed by atoms with van der Waals surface area (Å²) in [6.07, 6.45) is 1.75. The molecule has 1 rings (SSSR count). The summed E-state index contributed by atoms with van der Waals surface area (Å²) >= 11 is 5.80. The number of halogens is 1. The number of piperidine rings is 1. The van der Waals surface area contributed by atoms with Crippen molar-refractivity contribution in [3.8, 4) is 0 Å². The minimum Gasteiger partial charge on any atom is -0.195 e. The van der Waals surface area contributed by atoms with Gasteiger partial charge >= 0.3 is 0 Å². The molecule has 1 fully saturated rings. The first-order valence-corrected chi connectivity index (χ1v) is 8.19. The van der Waals surface area contributed by atoms with Crippen LogP contribution in [0, 0.1) is 5.92 Å². The molecule has 0 atom stereocenters. The van der Waals surface area contributed by atoms with E-state index >= 15 is 0 Å². The molecule has 0 bridgehead atoms. The normalized spacial score (nSPS) is 20.4. The Balaban J connectivity index is 2.72. The van der Waals surface area contributed by atoms with Gasteiger partial charge < -0.3 is 0 Å². The van der Waals surface area contributed by atoms with Crippen molar-refractivity contribution in [3.05, 3.63) is 0 Å². The zero-order valence-corrected chi connectivity index (χ0v) is 12.5. The van der Waals surface area contributed by atoms with E-state index in [1.54, 1.807) is 8.61 Å². The fourth-order valence-corrected chi connectivity index (χ4v) is 4.37. The summed E-state index contributed by atoms with van der Waals surface area (Å²) in [6, 6.07) is 0.00995. The van der Waals surface area contributed by atoms with Gasteiger partial charge in [-0.05, 0) is 32.6 Å². The van der Waals surface area contributed by atoms with Crippen LogP contribution in [0.1, 0.15) is 33.6 Å². The Morgan fingerprint density at radius 2 is 1.88 bits per heavy atom. The molecule has 1 saturated heterocycles. The fourth-order valence-electron chi connectivity index (χ4n) is 2.24. The SMILES string of the molecule is CCN(C(C)C)S(=O)(=O)N1CCC(CCl)CC1. The first-order valence-electron chi connectivity index (χ1n) is 6.26. The van der Waals surface area contributed by atoms with Gasteiger partial charge in [-0.15, -0.1) is 11.6 Å². The highest BCUT2D eigenvalue weighted by atomic mass is 35.5. The molecule has 0 spiro atoms. The van der Waals surface area contributed by atoms with Crippen LogP contribution in [0.4, 0.5) is 0 Å². The summed E-state index contributed by atoms with van der Waals surface area (Å²) in [5.74, 6) is 1.10. The van der Waals surface area contributed by atoms with Gasteiger partial charge in [-0.25, -0.2) is 0 Å². The topological polar surface area (TPSA) is 40.6 Å². The first kappa shape index (κ1) is 15.2. The summed E-state index contributed by atoms with van der Waals surface area (Å²) < 4.78 is 27.9. The minimum absolute atomic E-state index is 0.00995. The van der Waals surface area contributed by atoms with Gasteiger partial charge in [0.2, 0.25) is 0 Å². The number of hydrogen-bond acceptors (Lipinski definition) is 2. The molecule has 0 aromatic rings. The van der Waals surface area contributed by atoms with Crippen molar-refractivity contribution in [3.63, 3.8) is 0 Å². The Hall–Kier alpha value is 0.160. The van der Waals surface area contributed by atoms with Gasteiger partial charge in [0.25, 0.3) is 10.2 Å². The standard InChI is InChI=1S/C11H23ClN2O2S/c1-4-14(10(2)3)17(15,16)13-7-5-11(9-12)6-8-13/h10-11H,4-9H2,1-3H3. The van der Waals surface area contributed by atoms with Gasteiger partial charge in [0.05, 0.1) is 0 Å². The van der Waals surface area contributed by atoms with E-state index in [1.165, 1.54) is 0 Å². The smallest absolute Gasteiger partial charge is 0.195 e. The molecule has 1 aliphatic heterocycles. The first-order chi connectivity index (χ1) is 7.93. The van der Waals surface area contributed by atoms with Crippen molar-refractivity contribution in [2.45, 2.75) is 39.7 Å². The minimum atomic E-state index is -3.28. The number of nitrogens with zero attached hydrogens (tertiary/aromatic N) is 2. The molecule has 1 heterocycles. The zero-order valence-electron chi connectivity index (χ0n) is 10.9. The Morgan fingerprint density at radius 1 is 1.35 bits per heavy atom. The average molecular weight is 283 g/mol. The monoisotopic (exact) mass is 282 g/mol. The van der Waals surface area contributed by atoms with Crippen LogP contribution in [0.2, 0.25) is 0 Å². The third kappa shape index (κ3) is 3.56. The van der Waals surface area contributed by atoms with Crippen LogP contribution in [-0.2, 0) is 10.2 Å². The second-order valence-electron chi connectivity index (χ2n) is 4.80. The Kier molecular flexibility index (Phi) is 5.70. The lowest BCUT2D eigenvalue weighted by atomic mass is 10.0. The zero-order chi connectivity index (χ0) is 13.1. The van der Waals surface area contributed by atoms with Crippen LogP contribution in [-0.4, -0.2) is 48.6 Å². The Bertz CT molecular complexity index is 324. The lowest BCUT2D eigenvalue weighted by molar-refractivity contribution is 0.257. The number of rotatable bonds is 5. The summed E-state index contributed by atoms with van der Waals surface area (Å²) in [7, 11) is -3.28. The highest BCUT2D eigenvalue weighted by Crippen LogP contribution is 2.22. The maximum atomic E-state index is 12.4. The maximum Gasteiger partial charge on any atom is 0.282 e. The lowest BCUT2D eigenvalue weighted by Gasteiger charge is -2.35. The van der Waals surface area contributed by atoms with Crippen molar-refractivity contribution in [1.82, 2.24) is 8.61 Å². The van der Waals surface area contributed by atoms with Gasteiger partial charge in [-0.1, -0.05) is 6.92 Å². The molecule has 0 saturated carbocycles. The van der Waals surface area contributed by atoms with Crippen molar-refractivity contribution >= 4 is 21.8 Å². The molecule has 4 nitrogen and oxygen atoms in total. The third-order valence-electron chi connectivity index (χ3n) is 3.30. The molecule has 0 aromatic carbocycles. The third-order valence-corrected chi connectivity index (χ3v) is 6.03. The van der Waals surface area contributed by atoms with E-state index in [0.29, 0.717) is 31.4 Å². The van der Waals surface area contributed by atoms with Crippen molar-refractivity contribution in [2.24, 2.45) is 5.92 Å². The Labute approximate surface area is 110 Å². The van der Waals surface area contributed by atoms with Crippen molar-refractivity contribution in [1.29, 1.82) is 0 Å². The van der Waals surface area contributed by atoms with Gasteiger partial charge in [0, 0.05) is 31.6 Å². The maximum absolute atomic E-state index is 12.4. The van der Waals surface area contributed by atoms with Gasteiger partial charge in [0.1, 0.15) is 0 Å². The molecular weight excluding hydrogens is 260 g/mol. The molecule has 0 radical (unpaired) electrons. The second kappa shape index (κ2) is 6.36. The average Bonchev–Trinajstić information content (AvgIpc) is 2.29. The quantitative estimate of drug-likeness (QED) is 0.723. The summed E-state index contributed by atoms with van der Waals surface area (Å²) in [4.78, 5) is 0. The Morgan fingerprint density at radius 3 is 2.24 bits per heavy atom. The molecular formula is C11H23ClN2O2S. The van der Waals surface area contributed by atoms with E-state index in [4.69, 9.17) is 11.6 Å². The van der Waals surface area contributed by atoms with Crippen LogP contribution < -0.4 is 0 Å². The highest BCUT2D eigenvalue weighted by Gasteiger charge is 2.33. The largest absolute Gasteiger partial charge is 0.282 e. The van der Waals surface area contributed by atoms with Crippen LogP contribution >= 0.6 is 11.6 Å². The van der Waals surface area contributed by atoms with E-state index in [-0.39, 0.29) is 6.04 Å². The van der Waals surface area contributed by atoms with E-state index in [1.807, 2.05) is 20.8 Å². The molecule has 1 aliphatic rings. The van der Waals surface area contributed by atoms with E-state index in [0.717, 1.165) is 12.8 Å². The lowest BCUT2D eigenvalue weighted by Crippen LogP contribution is -2.49. The predicted molar refractivity (Wildman–Crippen MR) is 71.5 cm³/mol. The summed E-state index contributed by atoms with van der Waals surface area (Å²) in [5, 5.41) is 0. The molecule has 0 aromatic heterocycles. The highest BCUT2D eigenvalue weighted by molar-refractivity contribution is 7.86. The van der Waals surface area contributed by atoms with Crippen LogP contribution in [0.5, 0.6) is 0 Å². The van der Waals surface area contributed by atoms with Gasteiger partial charge in [-0.3, -0.25) is 0 Å². The molecule has 0 aliphatic carbocycles. The van der Waals surface area contributed by atoms with Crippen LogP contribution in [0.25, 0.3) is 0 Å². The van der Waals surface area contributed by atoms with E-state index in [9.17, 15) is 8.42 Å². The molecule has 102 valence electrons. The van der Waals surface area contributed by atoms with Crippen molar-refractivity contribution in [2.75, 3.05) is 25.5 Å². The number of alkyl halides is 1. The van der Waals surface area contributed by atoms with Gasteiger partial charge in [-0.2, -0.15) is 17.0 Å². The summed E-state index contributed by atoms with van der Waals surface area (Å²) in [5.41, 5.74) is 0. The second-order valence-corrected chi connectivity index (χ2v) is 6.99. The fraction of sp³-hybridized carbons (Fsp3) is 1.00. The molecule has 0 N–H and O–H groups in total. The molecule has 0 amide bonds. The number of hydrogen-bond donors (Lipinski definition) is 0. The molecule has 0 unspecified atom stereocenters. The molecule has 6 heteroatoms. The molecule has 17 heavy (non-hydrogen) atoms. The summed E-state index contributed by atoms with van der Waals surface area (Å²) in [6.45, 7) is 7.42. The van der Waals surface area contributed by atoms with Crippen LogP contribution in [0.15, 0.2) is 0 Å². The van der Waals surface area contributed by atoms with Crippen LogP contribution in [0.3, 0.4) is 0 Å².